The van der Waals surface area contributed by atoms with E-state index in [1.54, 1.807) is 23.5 Å². The van der Waals surface area contributed by atoms with E-state index in [2.05, 4.69) is 40.3 Å². The van der Waals surface area contributed by atoms with Crippen LogP contribution in [0.15, 0.2) is 52.9 Å². The third kappa shape index (κ3) is 4.10. The van der Waals surface area contributed by atoms with Crippen LogP contribution in [0.25, 0.3) is 10.2 Å². The lowest BCUT2D eigenvalue weighted by molar-refractivity contribution is -0.133. The summed E-state index contributed by atoms with van der Waals surface area (Å²) in [6, 6.07) is 12.4. The summed E-state index contributed by atoms with van der Waals surface area (Å²) in [5, 5.41) is 2.95. The number of likely N-dealkylation sites (tertiary alicyclic amines) is 1. The first-order valence-electron chi connectivity index (χ1n) is 11.2. The Bertz CT molecular complexity index is 1360. The third-order valence-electron chi connectivity index (χ3n) is 6.97. The molecule has 0 aliphatic carbocycles. The SMILES string of the molecule is CC(c1ccc2scnc2c1)N1CCC2(CC1)NC(=O)N(Cc1ccc(S(C)(=O)=O)cc1)C2=O. The maximum Gasteiger partial charge on any atom is 0.325 e. The van der Waals surface area contributed by atoms with Gasteiger partial charge in [0.2, 0.25) is 0 Å². The number of carbonyl (C=O) groups excluding carboxylic acids is 2. The number of carbonyl (C=O) groups is 2. The number of benzene rings is 2. The molecule has 2 fully saturated rings. The fourth-order valence-corrected chi connectivity index (χ4v) is 6.11. The van der Waals surface area contributed by atoms with Crippen molar-refractivity contribution in [2.75, 3.05) is 19.3 Å². The summed E-state index contributed by atoms with van der Waals surface area (Å²) in [7, 11) is -3.30. The zero-order valence-electron chi connectivity index (χ0n) is 19.0. The molecule has 3 amide bonds. The Balaban J connectivity index is 1.25. The monoisotopic (exact) mass is 498 g/mol. The first kappa shape index (κ1) is 22.9. The standard InChI is InChI=1S/C24H26N4O4S2/c1-16(18-5-8-21-20(13-18)25-15-33-21)27-11-9-24(10-12-27)22(29)28(23(30)26-24)14-17-3-6-19(7-4-17)34(2,31)32/h3-8,13,15-16H,9-12,14H2,1-2H3,(H,26,30). The van der Waals surface area contributed by atoms with Crippen molar-refractivity contribution in [3.05, 3.63) is 59.1 Å². The van der Waals surface area contributed by atoms with Gasteiger partial charge in [-0.2, -0.15) is 0 Å². The number of rotatable bonds is 5. The van der Waals surface area contributed by atoms with E-state index in [1.165, 1.54) is 27.3 Å². The topological polar surface area (TPSA) is 99.7 Å². The average molecular weight is 499 g/mol. The Morgan fingerprint density at radius 3 is 2.50 bits per heavy atom. The lowest BCUT2D eigenvalue weighted by Crippen LogP contribution is -2.55. The van der Waals surface area contributed by atoms with Crippen molar-refractivity contribution in [1.82, 2.24) is 20.1 Å². The van der Waals surface area contributed by atoms with Gasteiger partial charge in [0, 0.05) is 25.4 Å². The summed E-state index contributed by atoms with van der Waals surface area (Å²) in [6.07, 6.45) is 2.24. The molecule has 3 heterocycles. The lowest BCUT2D eigenvalue weighted by atomic mass is 9.86. The number of urea groups is 1. The van der Waals surface area contributed by atoms with Gasteiger partial charge in [-0.3, -0.25) is 14.6 Å². The fourth-order valence-electron chi connectivity index (χ4n) is 4.82. The Morgan fingerprint density at radius 1 is 1.12 bits per heavy atom. The van der Waals surface area contributed by atoms with Gasteiger partial charge in [0.05, 0.1) is 27.2 Å². The number of fused-ring (bicyclic) bond motifs is 1. The molecule has 34 heavy (non-hydrogen) atoms. The van der Waals surface area contributed by atoms with E-state index in [4.69, 9.17) is 0 Å². The Hall–Kier alpha value is -2.82. The van der Waals surface area contributed by atoms with E-state index in [1.807, 2.05) is 5.51 Å². The molecule has 2 saturated heterocycles. The molecule has 2 aliphatic rings. The normalized spacial score (nSPS) is 19.6. The minimum atomic E-state index is -3.30. The second kappa shape index (κ2) is 8.44. The molecule has 5 rings (SSSR count). The van der Waals surface area contributed by atoms with Crippen LogP contribution in [0.5, 0.6) is 0 Å². The number of hydrogen-bond donors (Lipinski definition) is 1. The van der Waals surface area contributed by atoms with Gasteiger partial charge in [0.25, 0.3) is 5.91 Å². The molecule has 1 unspecified atom stereocenters. The molecule has 3 aromatic rings. The summed E-state index contributed by atoms with van der Waals surface area (Å²) in [4.78, 5) is 34.2. The number of hydrogen-bond acceptors (Lipinski definition) is 7. The minimum Gasteiger partial charge on any atom is -0.323 e. The molecule has 178 valence electrons. The number of imide groups is 1. The third-order valence-corrected chi connectivity index (χ3v) is 8.91. The molecule has 8 nitrogen and oxygen atoms in total. The molecular weight excluding hydrogens is 472 g/mol. The molecule has 10 heteroatoms. The molecule has 0 radical (unpaired) electrons. The molecule has 2 aromatic carbocycles. The van der Waals surface area contributed by atoms with E-state index in [-0.39, 0.29) is 23.4 Å². The van der Waals surface area contributed by atoms with E-state index in [0.717, 1.165) is 11.8 Å². The lowest BCUT2D eigenvalue weighted by Gasteiger charge is -2.40. The van der Waals surface area contributed by atoms with Gasteiger partial charge >= 0.3 is 6.03 Å². The van der Waals surface area contributed by atoms with Crippen LogP contribution in [0.3, 0.4) is 0 Å². The second-order valence-electron chi connectivity index (χ2n) is 9.11. The van der Waals surface area contributed by atoms with Crippen molar-refractivity contribution in [2.45, 2.75) is 42.8 Å². The Morgan fingerprint density at radius 2 is 1.82 bits per heavy atom. The van der Waals surface area contributed by atoms with Crippen molar-refractivity contribution in [1.29, 1.82) is 0 Å². The number of amides is 3. The number of sulfone groups is 1. The van der Waals surface area contributed by atoms with Crippen LogP contribution in [0.2, 0.25) is 0 Å². The van der Waals surface area contributed by atoms with Crippen molar-refractivity contribution >= 4 is 43.3 Å². The number of aromatic nitrogens is 1. The zero-order valence-corrected chi connectivity index (χ0v) is 20.7. The van der Waals surface area contributed by atoms with Crippen LogP contribution >= 0.6 is 11.3 Å². The summed E-state index contributed by atoms with van der Waals surface area (Å²) in [5.41, 5.74) is 3.87. The summed E-state index contributed by atoms with van der Waals surface area (Å²) >= 11 is 1.62. The van der Waals surface area contributed by atoms with E-state index in [9.17, 15) is 18.0 Å². The highest BCUT2D eigenvalue weighted by atomic mass is 32.2. The van der Waals surface area contributed by atoms with Crippen molar-refractivity contribution in [2.24, 2.45) is 0 Å². The number of nitrogens with zero attached hydrogens (tertiary/aromatic N) is 3. The van der Waals surface area contributed by atoms with Crippen LogP contribution < -0.4 is 5.32 Å². The minimum absolute atomic E-state index is 0.115. The van der Waals surface area contributed by atoms with E-state index in [0.29, 0.717) is 31.5 Å². The molecular formula is C24H26N4O4S2. The molecule has 2 aliphatic heterocycles. The molecule has 1 spiro atoms. The van der Waals surface area contributed by atoms with Gasteiger partial charge < -0.3 is 5.32 Å². The second-order valence-corrected chi connectivity index (χ2v) is 12.0. The number of thiazole rings is 1. The maximum absolute atomic E-state index is 13.3. The van der Waals surface area contributed by atoms with E-state index < -0.39 is 21.4 Å². The largest absolute Gasteiger partial charge is 0.325 e. The first-order chi connectivity index (χ1) is 16.2. The van der Waals surface area contributed by atoms with Crippen LogP contribution in [0.1, 0.15) is 36.9 Å². The van der Waals surface area contributed by atoms with Gasteiger partial charge in [-0.1, -0.05) is 18.2 Å². The molecule has 1 aromatic heterocycles. The van der Waals surface area contributed by atoms with Crippen molar-refractivity contribution in [3.63, 3.8) is 0 Å². The van der Waals surface area contributed by atoms with Gasteiger partial charge in [-0.05, 0) is 55.2 Å². The Labute approximate surface area is 202 Å². The van der Waals surface area contributed by atoms with Crippen LogP contribution in [0, 0.1) is 0 Å². The maximum atomic E-state index is 13.3. The molecule has 0 saturated carbocycles. The highest BCUT2D eigenvalue weighted by molar-refractivity contribution is 7.90. The number of piperidine rings is 1. The predicted octanol–water partition coefficient (Wildman–Crippen LogP) is 3.35. The number of nitrogens with one attached hydrogen (secondary N) is 1. The van der Waals surface area contributed by atoms with Crippen molar-refractivity contribution < 1.29 is 18.0 Å². The van der Waals surface area contributed by atoms with Crippen LogP contribution in [-0.2, 0) is 21.2 Å². The highest BCUT2D eigenvalue weighted by Gasteiger charge is 2.52. The van der Waals surface area contributed by atoms with Crippen molar-refractivity contribution in [3.8, 4) is 0 Å². The van der Waals surface area contributed by atoms with Gasteiger partial charge in [-0.25, -0.2) is 18.2 Å². The summed E-state index contributed by atoms with van der Waals surface area (Å²) in [6.45, 7) is 3.66. The van der Waals surface area contributed by atoms with Gasteiger partial charge in [-0.15, -0.1) is 11.3 Å². The van der Waals surface area contributed by atoms with Gasteiger partial charge in [0.15, 0.2) is 9.84 Å². The quantitative estimate of drug-likeness (QED) is 0.542. The Kier molecular flexibility index (Phi) is 5.70. The predicted molar refractivity (Wildman–Crippen MR) is 130 cm³/mol. The van der Waals surface area contributed by atoms with Crippen LogP contribution in [-0.4, -0.2) is 60.0 Å². The van der Waals surface area contributed by atoms with Gasteiger partial charge in [0.1, 0.15) is 5.54 Å². The van der Waals surface area contributed by atoms with E-state index >= 15 is 0 Å². The molecule has 1 atom stereocenters. The first-order valence-corrected chi connectivity index (χ1v) is 13.9. The molecule has 1 N–H and O–H groups in total. The zero-order chi connectivity index (χ0) is 24.1. The van der Waals surface area contributed by atoms with Crippen LogP contribution in [0.4, 0.5) is 4.79 Å². The average Bonchev–Trinajstić information content (AvgIpc) is 3.37. The fraction of sp³-hybridized carbons (Fsp3) is 0.375. The highest BCUT2D eigenvalue weighted by Crippen LogP contribution is 2.34. The smallest absolute Gasteiger partial charge is 0.323 e. The summed E-state index contributed by atoms with van der Waals surface area (Å²) in [5.74, 6) is -0.208. The summed E-state index contributed by atoms with van der Waals surface area (Å²) < 4.78 is 24.5. The molecule has 0 bridgehead atoms.